The molecule has 1 aliphatic heterocycles. The molecule has 3 heterocycles. The van der Waals surface area contributed by atoms with Crippen molar-refractivity contribution in [2.75, 3.05) is 18.8 Å². The fourth-order valence-corrected chi connectivity index (χ4v) is 4.64. The van der Waals surface area contributed by atoms with Gasteiger partial charge in [-0.05, 0) is 50.8 Å². The molecule has 6 nitrogen and oxygen atoms in total. The van der Waals surface area contributed by atoms with Gasteiger partial charge in [-0.1, -0.05) is 30.3 Å². The van der Waals surface area contributed by atoms with Gasteiger partial charge in [-0.2, -0.15) is 0 Å². The van der Waals surface area contributed by atoms with Crippen LogP contribution in [0.2, 0.25) is 0 Å². The third kappa shape index (κ3) is 3.18. The van der Waals surface area contributed by atoms with E-state index < -0.39 is 0 Å². The van der Waals surface area contributed by atoms with E-state index in [0.717, 1.165) is 47.2 Å². The topological polar surface area (TPSA) is 77.0 Å². The number of aromatic nitrogens is 3. The summed E-state index contributed by atoms with van der Waals surface area (Å²) < 4.78 is 2.25. The fraction of sp³-hybridized carbons (Fsp3) is 0.348. The Labute approximate surface area is 171 Å². The number of benzene rings is 1. The minimum absolute atomic E-state index is 0.0208. The Kier molecular flexibility index (Phi) is 4.86. The van der Waals surface area contributed by atoms with Gasteiger partial charge in [0, 0.05) is 24.3 Å². The number of hydrogen-bond acceptors (Lipinski definition) is 4. The number of nitrogens with two attached hydrogens (primary N) is 1. The molecule has 0 saturated carbocycles. The molecule has 29 heavy (non-hydrogen) atoms. The highest BCUT2D eigenvalue weighted by Gasteiger charge is 2.29. The van der Waals surface area contributed by atoms with Crippen molar-refractivity contribution in [2.24, 2.45) is 0 Å². The van der Waals surface area contributed by atoms with Crippen molar-refractivity contribution in [1.29, 1.82) is 0 Å². The molecule has 1 fully saturated rings. The number of fused-ring (bicyclic) bond motifs is 1. The van der Waals surface area contributed by atoms with Gasteiger partial charge < -0.3 is 15.2 Å². The van der Waals surface area contributed by atoms with E-state index in [4.69, 9.17) is 5.73 Å². The van der Waals surface area contributed by atoms with Gasteiger partial charge in [0.2, 0.25) is 5.91 Å². The first-order chi connectivity index (χ1) is 13.9. The summed E-state index contributed by atoms with van der Waals surface area (Å²) in [5.74, 6) is 0.467. The van der Waals surface area contributed by atoms with E-state index in [1.165, 1.54) is 23.5 Å². The van der Waals surface area contributed by atoms with Crippen LogP contribution < -0.4 is 5.73 Å². The van der Waals surface area contributed by atoms with Crippen LogP contribution in [0.5, 0.6) is 0 Å². The molecule has 2 N–H and O–H groups in total. The van der Waals surface area contributed by atoms with Gasteiger partial charge >= 0.3 is 0 Å². The van der Waals surface area contributed by atoms with Gasteiger partial charge in [-0.25, -0.2) is 9.97 Å². The molecule has 1 unspecified atom stereocenters. The smallest absolute Gasteiger partial charge is 0.246 e. The van der Waals surface area contributed by atoms with Gasteiger partial charge in [0.1, 0.15) is 17.8 Å². The second-order valence-corrected chi connectivity index (χ2v) is 7.89. The molecule has 1 amide bonds. The number of piperidine rings is 1. The van der Waals surface area contributed by atoms with E-state index in [9.17, 15) is 4.79 Å². The Bertz CT molecular complexity index is 1110. The zero-order valence-corrected chi connectivity index (χ0v) is 17.3. The Balaban J connectivity index is 1.92. The second kappa shape index (κ2) is 7.35. The molecule has 1 atom stereocenters. The summed E-state index contributed by atoms with van der Waals surface area (Å²) in [6.07, 6.45) is 4.85. The van der Waals surface area contributed by atoms with Crippen LogP contribution in [0.15, 0.2) is 37.2 Å². The molecule has 1 saturated heterocycles. The molecular weight excluding hydrogens is 362 g/mol. The maximum atomic E-state index is 12.2. The van der Waals surface area contributed by atoms with Crippen LogP contribution in [0.25, 0.3) is 22.2 Å². The highest BCUT2D eigenvalue weighted by molar-refractivity contribution is 6.03. The summed E-state index contributed by atoms with van der Waals surface area (Å²) in [5, 5.41) is 0.893. The van der Waals surface area contributed by atoms with Crippen molar-refractivity contribution in [2.45, 2.75) is 39.7 Å². The molecule has 1 aromatic carbocycles. The monoisotopic (exact) mass is 389 g/mol. The van der Waals surface area contributed by atoms with Crippen molar-refractivity contribution >= 4 is 22.8 Å². The average molecular weight is 390 g/mol. The van der Waals surface area contributed by atoms with Crippen LogP contribution in [0.1, 0.15) is 35.7 Å². The predicted octanol–water partition coefficient (Wildman–Crippen LogP) is 3.96. The average Bonchev–Trinajstić information content (AvgIpc) is 3.00. The molecule has 2 aromatic heterocycles. The maximum absolute atomic E-state index is 12.2. The molecule has 6 heteroatoms. The van der Waals surface area contributed by atoms with Gasteiger partial charge in [0.05, 0.1) is 11.4 Å². The lowest BCUT2D eigenvalue weighted by molar-refractivity contribution is -0.127. The Morgan fingerprint density at radius 2 is 2.07 bits per heavy atom. The molecule has 0 spiro atoms. The van der Waals surface area contributed by atoms with Crippen LogP contribution in [-0.4, -0.2) is 38.4 Å². The maximum Gasteiger partial charge on any atom is 0.246 e. The van der Waals surface area contributed by atoms with Crippen LogP contribution >= 0.6 is 0 Å². The quantitative estimate of drug-likeness (QED) is 0.688. The van der Waals surface area contributed by atoms with Gasteiger partial charge in [-0.15, -0.1) is 0 Å². The first kappa shape index (κ1) is 19.2. The van der Waals surface area contributed by atoms with Crippen LogP contribution in [0, 0.1) is 20.8 Å². The SMILES string of the molecule is C=CC(=O)N1CCCC(n2c(C)c(-c3ccc(C)cc3C)c3c(N)ncnc32)C1. The zero-order valence-electron chi connectivity index (χ0n) is 17.3. The van der Waals surface area contributed by atoms with E-state index in [1.807, 2.05) is 4.90 Å². The third-order valence-electron chi connectivity index (χ3n) is 5.96. The van der Waals surface area contributed by atoms with Crippen LogP contribution in [0.4, 0.5) is 5.82 Å². The van der Waals surface area contributed by atoms with Gasteiger partial charge in [0.15, 0.2) is 0 Å². The highest BCUT2D eigenvalue weighted by Crippen LogP contribution is 2.40. The molecule has 4 rings (SSSR count). The van der Waals surface area contributed by atoms with Crippen molar-refractivity contribution < 1.29 is 4.79 Å². The highest BCUT2D eigenvalue weighted by atomic mass is 16.2. The Morgan fingerprint density at radius 1 is 1.28 bits per heavy atom. The lowest BCUT2D eigenvalue weighted by Crippen LogP contribution is -2.40. The van der Waals surface area contributed by atoms with E-state index in [0.29, 0.717) is 12.4 Å². The largest absolute Gasteiger partial charge is 0.383 e. The number of carbonyl (C=O) groups is 1. The standard InChI is InChI=1S/C23H27N5O/c1-5-19(29)27-10-6-7-17(12-27)28-16(4)20(18-9-8-14(2)11-15(18)3)21-22(24)25-13-26-23(21)28/h5,8-9,11,13,17H,1,6-7,10,12H2,2-4H3,(H2,24,25,26). The Hall–Kier alpha value is -3.15. The van der Waals surface area contributed by atoms with Crippen molar-refractivity contribution in [3.05, 3.63) is 54.0 Å². The lowest BCUT2D eigenvalue weighted by atomic mass is 9.97. The Morgan fingerprint density at radius 3 is 2.79 bits per heavy atom. The van der Waals surface area contributed by atoms with Gasteiger partial charge in [-0.3, -0.25) is 4.79 Å². The van der Waals surface area contributed by atoms with Crippen molar-refractivity contribution in [1.82, 2.24) is 19.4 Å². The van der Waals surface area contributed by atoms with Crippen LogP contribution in [-0.2, 0) is 4.79 Å². The van der Waals surface area contributed by atoms with E-state index >= 15 is 0 Å². The zero-order chi connectivity index (χ0) is 20.7. The molecule has 0 radical (unpaired) electrons. The first-order valence-electron chi connectivity index (χ1n) is 10.0. The minimum Gasteiger partial charge on any atom is -0.383 e. The summed E-state index contributed by atoms with van der Waals surface area (Å²) in [4.78, 5) is 23.0. The van der Waals surface area contributed by atoms with Crippen molar-refractivity contribution in [3.8, 4) is 11.1 Å². The van der Waals surface area contributed by atoms with E-state index in [2.05, 4.69) is 60.1 Å². The number of nitrogen functional groups attached to an aromatic ring is 1. The molecule has 150 valence electrons. The predicted molar refractivity (Wildman–Crippen MR) is 117 cm³/mol. The lowest BCUT2D eigenvalue weighted by Gasteiger charge is -2.34. The normalized spacial score (nSPS) is 16.9. The summed E-state index contributed by atoms with van der Waals surface area (Å²) in [5.41, 5.74) is 12.9. The second-order valence-electron chi connectivity index (χ2n) is 7.89. The minimum atomic E-state index is -0.0208. The summed E-state index contributed by atoms with van der Waals surface area (Å²) in [6.45, 7) is 11.4. The molecule has 3 aromatic rings. The summed E-state index contributed by atoms with van der Waals surface area (Å²) in [6, 6.07) is 6.60. The number of carbonyl (C=O) groups excluding carboxylic acids is 1. The van der Waals surface area contributed by atoms with E-state index in [-0.39, 0.29) is 11.9 Å². The number of rotatable bonds is 3. The number of likely N-dealkylation sites (tertiary alicyclic amines) is 1. The summed E-state index contributed by atoms with van der Waals surface area (Å²) >= 11 is 0. The number of aryl methyl sites for hydroxylation is 2. The summed E-state index contributed by atoms with van der Waals surface area (Å²) in [7, 11) is 0. The molecular formula is C23H27N5O. The number of amides is 1. The number of nitrogens with zero attached hydrogens (tertiary/aromatic N) is 4. The first-order valence-corrected chi connectivity index (χ1v) is 10.0. The molecule has 0 bridgehead atoms. The fourth-order valence-electron chi connectivity index (χ4n) is 4.64. The van der Waals surface area contributed by atoms with Crippen LogP contribution in [0.3, 0.4) is 0 Å². The van der Waals surface area contributed by atoms with Gasteiger partial charge in [0.25, 0.3) is 0 Å². The third-order valence-corrected chi connectivity index (χ3v) is 5.96. The van der Waals surface area contributed by atoms with E-state index in [1.54, 1.807) is 0 Å². The van der Waals surface area contributed by atoms with Crippen molar-refractivity contribution in [3.63, 3.8) is 0 Å². The number of hydrogen-bond donors (Lipinski definition) is 1. The molecule has 0 aliphatic carbocycles. The molecule has 1 aliphatic rings. The number of anilines is 1.